The molecule has 0 saturated heterocycles. The lowest BCUT2D eigenvalue weighted by molar-refractivity contribution is 0.386. The van der Waals surface area contributed by atoms with Crippen LogP contribution < -0.4 is 0 Å². The molecule has 10 heteroatoms. The van der Waals surface area contributed by atoms with E-state index in [1.165, 1.54) is 16.4 Å². The van der Waals surface area contributed by atoms with Crippen LogP contribution in [-0.2, 0) is 36.5 Å². The normalized spacial score (nSPS) is 14.3. The highest BCUT2D eigenvalue weighted by Gasteiger charge is 2.33. The minimum absolute atomic E-state index is 0.159. The molecule has 0 bridgehead atoms. The summed E-state index contributed by atoms with van der Waals surface area (Å²) in [6.07, 6.45) is 2.44. The van der Waals surface area contributed by atoms with Gasteiger partial charge in [-0.2, -0.15) is 9.40 Å². The zero-order valence-electron chi connectivity index (χ0n) is 18.9. The van der Waals surface area contributed by atoms with E-state index in [0.717, 1.165) is 29.7 Å². The minimum Gasteiger partial charge on any atom is -0.415 e. The molecule has 8 nitrogen and oxygen atoms in total. The molecule has 0 atom stereocenters. The van der Waals surface area contributed by atoms with Gasteiger partial charge in [-0.3, -0.25) is 4.68 Å². The predicted octanol–water partition coefficient (Wildman–Crippen LogP) is 3.98. The molecule has 0 N–H and O–H groups in total. The number of hydrogen-bond donors (Lipinski definition) is 0. The Kier molecular flexibility index (Phi) is 5.78. The lowest BCUT2D eigenvalue weighted by atomic mass is 10.1. The van der Waals surface area contributed by atoms with E-state index in [4.69, 9.17) is 4.42 Å². The molecule has 1 aliphatic heterocycles. The number of halogens is 1. The number of aromatic nitrogens is 4. The van der Waals surface area contributed by atoms with E-state index in [0.29, 0.717) is 24.2 Å². The third-order valence-electron chi connectivity index (χ3n) is 6.03. The first-order valence-corrected chi connectivity index (χ1v) is 12.5. The maximum absolute atomic E-state index is 13.4. The standard InChI is InChI=1S/C24H24FN5O3S/c1-3-4-16-5-11-19(12-6-16)34(31,32)30-14-13-21-20(15-30)22(28-29(21)2)24-27-26-23(33-24)17-7-9-18(25)10-8-17/h5-12H,3-4,13-15H2,1-2H3. The van der Waals surface area contributed by atoms with E-state index in [1.54, 1.807) is 28.9 Å². The van der Waals surface area contributed by atoms with E-state index in [-0.39, 0.29) is 29.0 Å². The second kappa shape index (κ2) is 8.77. The van der Waals surface area contributed by atoms with Crippen LogP contribution in [-0.4, -0.2) is 39.2 Å². The summed E-state index contributed by atoms with van der Waals surface area (Å²) in [6, 6.07) is 12.8. The van der Waals surface area contributed by atoms with Crippen molar-refractivity contribution in [1.82, 2.24) is 24.3 Å². The molecule has 5 rings (SSSR count). The van der Waals surface area contributed by atoms with Crippen molar-refractivity contribution in [3.8, 4) is 23.0 Å². The van der Waals surface area contributed by atoms with Gasteiger partial charge in [0, 0.05) is 43.4 Å². The van der Waals surface area contributed by atoms with Crippen LogP contribution in [0.5, 0.6) is 0 Å². The number of sulfonamides is 1. The quantitative estimate of drug-likeness (QED) is 0.414. The van der Waals surface area contributed by atoms with Gasteiger partial charge in [0.05, 0.1) is 4.90 Å². The molecule has 0 saturated carbocycles. The van der Waals surface area contributed by atoms with Crippen LogP contribution in [0.15, 0.2) is 57.8 Å². The zero-order chi connectivity index (χ0) is 23.9. The minimum atomic E-state index is -3.67. The second-order valence-electron chi connectivity index (χ2n) is 8.30. The Hall–Kier alpha value is -3.37. The van der Waals surface area contributed by atoms with Gasteiger partial charge in [0.1, 0.15) is 5.82 Å². The average molecular weight is 482 g/mol. The molecule has 3 heterocycles. The monoisotopic (exact) mass is 481 g/mol. The molecule has 0 amide bonds. The number of benzene rings is 2. The summed E-state index contributed by atoms with van der Waals surface area (Å²) >= 11 is 0. The molecule has 0 spiro atoms. The smallest absolute Gasteiger partial charge is 0.268 e. The highest BCUT2D eigenvalue weighted by atomic mass is 32.2. The predicted molar refractivity (Wildman–Crippen MR) is 124 cm³/mol. The van der Waals surface area contributed by atoms with Gasteiger partial charge in [-0.25, -0.2) is 12.8 Å². The van der Waals surface area contributed by atoms with Gasteiger partial charge in [-0.15, -0.1) is 10.2 Å². The maximum atomic E-state index is 13.4. The summed E-state index contributed by atoms with van der Waals surface area (Å²) < 4.78 is 49.0. The van der Waals surface area contributed by atoms with Crippen molar-refractivity contribution in [1.29, 1.82) is 0 Å². The largest absolute Gasteiger partial charge is 0.415 e. The average Bonchev–Trinajstić information content (AvgIpc) is 3.45. The number of nitrogens with zero attached hydrogens (tertiary/aromatic N) is 5. The first-order valence-electron chi connectivity index (χ1n) is 11.1. The molecule has 1 aliphatic rings. The fourth-order valence-electron chi connectivity index (χ4n) is 4.24. The summed E-state index contributed by atoms with van der Waals surface area (Å²) in [4.78, 5) is 0.276. The van der Waals surface area contributed by atoms with Crippen molar-refractivity contribution in [2.75, 3.05) is 6.54 Å². The third kappa shape index (κ3) is 4.03. The molecule has 2 aromatic heterocycles. The van der Waals surface area contributed by atoms with E-state index < -0.39 is 10.0 Å². The van der Waals surface area contributed by atoms with Crippen LogP contribution in [0.1, 0.15) is 30.2 Å². The molecule has 0 radical (unpaired) electrons. The molecular weight excluding hydrogens is 457 g/mol. The van der Waals surface area contributed by atoms with Crippen LogP contribution in [0.2, 0.25) is 0 Å². The van der Waals surface area contributed by atoms with Crippen molar-refractivity contribution in [2.24, 2.45) is 7.05 Å². The Labute approximate surface area is 197 Å². The fraction of sp³-hybridized carbons (Fsp3) is 0.292. The van der Waals surface area contributed by atoms with Gasteiger partial charge in [-0.1, -0.05) is 25.5 Å². The number of fused-ring (bicyclic) bond motifs is 1. The van der Waals surface area contributed by atoms with Crippen LogP contribution in [0.3, 0.4) is 0 Å². The number of rotatable bonds is 6. The topological polar surface area (TPSA) is 94.1 Å². The summed E-state index contributed by atoms with van der Waals surface area (Å²) in [5, 5.41) is 12.7. The maximum Gasteiger partial charge on any atom is 0.268 e. The van der Waals surface area contributed by atoms with Crippen LogP contribution in [0.25, 0.3) is 23.0 Å². The summed E-state index contributed by atoms with van der Waals surface area (Å²) in [5.41, 5.74) is 3.83. The number of hydrogen-bond acceptors (Lipinski definition) is 6. The molecular formula is C24H24FN5O3S. The Bertz CT molecular complexity index is 1430. The first-order chi connectivity index (χ1) is 16.4. The van der Waals surface area contributed by atoms with Gasteiger partial charge in [-0.05, 0) is 48.4 Å². The highest BCUT2D eigenvalue weighted by molar-refractivity contribution is 7.89. The Morgan fingerprint density at radius 1 is 1.03 bits per heavy atom. The van der Waals surface area contributed by atoms with Crippen molar-refractivity contribution in [3.63, 3.8) is 0 Å². The van der Waals surface area contributed by atoms with Crippen LogP contribution in [0, 0.1) is 5.82 Å². The molecule has 4 aromatic rings. The molecule has 0 aliphatic carbocycles. The summed E-state index contributed by atoms with van der Waals surface area (Å²) in [5.74, 6) is 0.0739. The SMILES string of the molecule is CCCc1ccc(S(=O)(=O)N2CCc3c(c(-c4nnc(-c5ccc(F)cc5)o4)nn3C)C2)cc1. The van der Waals surface area contributed by atoms with Crippen LogP contribution >= 0.6 is 0 Å². The van der Waals surface area contributed by atoms with Gasteiger partial charge in [0.25, 0.3) is 5.89 Å². The fourth-order valence-corrected chi connectivity index (χ4v) is 5.65. The Balaban J connectivity index is 1.45. The molecule has 2 aromatic carbocycles. The first kappa shape index (κ1) is 22.4. The van der Waals surface area contributed by atoms with E-state index in [1.807, 2.05) is 19.2 Å². The van der Waals surface area contributed by atoms with Crippen LogP contribution in [0.4, 0.5) is 4.39 Å². The van der Waals surface area contributed by atoms with Gasteiger partial charge in [0.2, 0.25) is 15.9 Å². The Morgan fingerprint density at radius 2 is 1.74 bits per heavy atom. The van der Waals surface area contributed by atoms with Crippen molar-refractivity contribution < 1.29 is 17.2 Å². The molecule has 0 fully saturated rings. The molecule has 34 heavy (non-hydrogen) atoms. The zero-order valence-corrected chi connectivity index (χ0v) is 19.7. The second-order valence-corrected chi connectivity index (χ2v) is 10.2. The summed E-state index contributed by atoms with van der Waals surface area (Å²) in [7, 11) is -1.86. The van der Waals surface area contributed by atoms with Gasteiger partial charge >= 0.3 is 0 Å². The third-order valence-corrected chi connectivity index (χ3v) is 7.89. The van der Waals surface area contributed by atoms with E-state index in [9.17, 15) is 12.8 Å². The van der Waals surface area contributed by atoms with Crippen molar-refractivity contribution >= 4 is 10.0 Å². The van der Waals surface area contributed by atoms with E-state index >= 15 is 0 Å². The van der Waals surface area contributed by atoms with Gasteiger partial charge < -0.3 is 4.42 Å². The van der Waals surface area contributed by atoms with Crippen molar-refractivity contribution in [3.05, 3.63) is 71.2 Å². The highest BCUT2D eigenvalue weighted by Crippen LogP contribution is 2.33. The lowest BCUT2D eigenvalue weighted by Crippen LogP contribution is -2.36. The molecule has 0 unspecified atom stereocenters. The molecule has 176 valence electrons. The number of aryl methyl sites for hydroxylation is 2. The van der Waals surface area contributed by atoms with Gasteiger partial charge in [0.15, 0.2) is 5.69 Å². The summed E-state index contributed by atoms with van der Waals surface area (Å²) in [6.45, 7) is 2.61. The van der Waals surface area contributed by atoms with Crippen molar-refractivity contribution in [2.45, 2.75) is 37.6 Å². The van der Waals surface area contributed by atoms with E-state index in [2.05, 4.69) is 22.2 Å². The lowest BCUT2D eigenvalue weighted by Gasteiger charge is -2.26. The Morgan fingerprint density at radius 3 is 2.44 bits per heavy atom.